The van der Waals surface area contributed by atoms with Crippen LogP contribution < -0.4 is 4.90 Å². The quantitative estimate of drug-likeness (QED) is 0.418. The molecule has 2 amide bonds. The van der Waals surface area contributed by atoms with Crippen LogP contribution in [0.4, 0.5) is 5.82 Å². The average Bonchev–Trinajstić information content (AvgIpc) is 3.18. The van der Waals surface area contributed by atoms with Gasteiger partial charge in [0, 0.05) is 37.7 Å². The lowest BCUT2D eigenvalue weighted by Gasteiger charge is -2.36. The number of hydrogen-bond donors (Lipinski definition) is 0. The van der Waals surface area contributed by atoms with Gasteiger partial charge in [0.05, 0.1) is 16.8 Å². The van der Waals surface area contributed by atoms with Crippen molar-refractivity contribution in [1.29, 1.82) is 0 Å². The summed E-state index contributed by atoms with van der Waals surface area (Å²) in [6.45, 7) is 4.82. The van der Waals surface area contributed by atoms with Crippen molar-refractivity contribution in [3.8, 4) is 11.3 Å². The Balaban J connectivity index is 1.24. The van der Waals surface area contributed by atoms with Crippen molar-refractivity contribution < 1.29 is 9.59 Å². The van der Waals surface area contributed by atoms with Gasteiger partial charge in [0.2, 0.25) is 11.8 Å². The van der Waals surface area contributed by atoms with E-state index in [1.807, 2.05) is 78.6 Å². The Hall–Kier alpha value is -3.45. The van der Waals surface area contributed by atoms with E-state index in [9.17, 15) is 9.59 Å². The Kier molecular flexibility index (Phi) is 8.23. The standard InChI is InChI=1S/C30H34ClN5O2/c1-22(23-9-3-2-4-10-23)36(30(38)24-11-7-12-24)21-29(37)35-18-8-17-34(19-20-35)28-16-15-27(32-33-28)25-13-5-6-14-26(25)31/h2-6,9-10,13-16,22,24H,7-8,11-12,17-21H2,1H3/t22-/m1/s1. The number of hydrogen-bond acceptors (Lipinski definition) is 5. The molecule has 2 aliphatic rings. The highest BCUT2D eigenvalue weighted by Gasteiger charge is 2.34. The second kappa shape index (κ2) is 11.9. The first-order valence-electron chi connectivity index (χ1n) is 13.5. The zero-order valence-corrected chi connectivity index (χ0v) is 22.6. The minimum atomic E-state index is -0.149. The monoisotopic (exact) mass is 531 g/mol. The number of rotatable bonds is 7. The molecule has 2 fully saturated rings. The van der Waals surface area contributed by atoms with Gasteiger partial charge in [-0.15, -0.1) is 10.2 Å². The highest BCUT2D eigenvalue weighted by Crippen LogP contribution is 2.32. The molecule has 0 bridgehead atoms. The van der Waals surface area contributed by atoms with Gasteiger partial charge in [-0.25, -0.2) is 0 Å². The number of benzene rings is 2. The van der Waals surface area contributed by atoms with Gasteiger partial charge in [-0.1, -0.05) is 66.6 Å². The molecule has 0 N–H and O–H groups in total. The smallest absolute Gasteiger partial charge is 0.242 e. The van der Waals surface area contributed by atoms with Crippen molar-refractivity contribution in [2.24, 2.45) is 5.92 Å². The molecule has 5 rings (SSSR count). The fourth-order valence-electron chi connectivity index (χ4n) is 5.16. The summed E-state index contributed by atoms with van der Waals surface area (Å²) in [5, 5.41) is 9.51. The molecule has 1 aliphatic heterocycles. The predicted octanol–water partition coefficient (Wildman–Crippen LogP) is 5.23. The van der Waals surface area contributed by atoms with E-state index in [2.05, 4.69) is 15.1 Å². The highest BCUT2D eigenvalue weighted by molar-refractivity contribution is 6.33. The molecular weight excluding hydrogens is 498 g/mol. The first-order valence-corrected chi connectivity index (χ1v) is 13.9. The SMILES string of the molecule is C[C@H](c1ccccc1)N(CC(=O)N1CCCN(c2ccc(-c3ccccc3Cl)nn2)CC1)C(=O)C1CCC1. The van der Waals surface area contributed by atoms with Gasteiger partial charge in [-0.3, -0.25) is 9.59 Å². The van der Waals surface area contributed by atoms with Crippen LogP contribution in [0.5, 0.6) is 0 Å². The van der Waals surface area contributed by atoms with Crippen molar-refractivity contribution in [2.45, 2.75) is 38.6 Å². The number of anilines is 1. The van der Waals surface area contributed by atoms with Crippen LogP contribution in [-0.4, -0.2) is 64.5 Å². The largest absolute Gasteiger partial charge is 0.353 e. The normalized spacial score (nSPS) is 16.9. The third-order valence-corrected chi connectivity index (χ3v) is 8.10. The van der Waals surface area contributed by atoms with Gasteiger partial charge < -0.3 is 14.7 Å². The van der Waals surface area contributed by atoms with E-state index in [1.165, 1.54) is 0 Å². The minimum absolute atomic E-state index is 0.00227. The highest BCUT2D eigenvalue weighted by atomic mass is 35.5. The zero-order chi connectivity index (χ0) is 26.5. The van der Waals surface area contributed by atoms with E-state index in [-0.39, 0.29) is 30.3 Å². The fraction of sp³-hybridized carbons (Fsp3) is 0.400. The number of aromatic nitrogens is 2. The molecule has 1 saturated heterocycles. The van der Waals surface area contributed by atoms with Crippen LogP contribution in [0.3, 0.4) is 0 Å². The Morgan fingerprint density at radius 2 is 1.68 bits per heavy atom. The van der Waals surface area contributed by atoms with Crippen LogP contribution in [-0.2, 0) is 9.59 Å². The average molecular weight is 532 g/mol. The Morgan fingerprint density at radius 1 is 0.921 bits per heavy atom. The molecule has 1 atom stereocenters. The molecule has 198 valence electrons. The number of carbonyl (C=O) groups is 2. The molecule has 3 aromatic rings. The van der Waals surface area contributed by atoms with E-state index >= 15 is 0 Å². The van der Waals surface area contributed by atoms with Gasteiger partial charge in [0.15, 0.2) is 5.82 Å². The molecular formula is C30H34ClN5O2. The molecule has 8 heteroatoms. The predicted molar refractivity (Wildman–Crippen MR) is 150 cm³/mol. The summed E-state index contributed by atoms with van der Waals surface area (Å²) in [5.41, 5.74) is 2.63. The maximum absolute atomic E-state index is 13.5. The molecule has 0 radical (unpaired) electrons. The first kappa shape index (κ1) is 26.2. The third kappa shape index (κ3) is 5.83. The van der Waals surface area contributed by atoms with E-state index in [0.29, 0.717) is 24.7 Å². The molecule has 0 unspecified atom stereocenters. The lowest BCUT2D eigenvalue weighted by Crippen LogP contribution is -2.47. The summed E-state index contributed by atoms with van der Waals surface area (Å²) in [7, 11) is 0. The Bertz CT molecular complexity index is 1250. The van der Waals surface area contributed by atoms with E-state index in [4.69, 9.17) is 11.6 Å². The van der Waals surface area contributed by atoms with Crippen LogP contribution in [0.15, 0.2) is 66.7 Å². The number of amides is 2. The summed E-state index contributed by atoms with van der Waals surface area (Å²) in [5.74, 6) is 0.934. The van der Waals surface area contributed by atoms with Gasteiger partial charge in [-0.2, -0.15) is 0 Å². The lowest BCUT2D eigenvalue weighted by molar-refractivity contribution is -0.146. The van der Waals surface area contributed by atoms with Crippen molar-refractivity contribution >= 4 is 29.2 Å². The topological polar surface area (TPSA) is 69.6 Å². The molecule has 1 aromatic heterocycles. The Morgan fingerprint density at radius 3 is 2.37 bits per heavy atom. The minimum Gasteiger partial charge on any atom is -0.353 e. The maximum atomic E-state index is 13.5. The second-order valence-electron chi connectivity index (χ2n) is 10.2. The van der Waals surface area contributed by atoms with Gasteiger partial charge in [0.25, 0.3) is 0 Å². The van der Waals surface area contributed by atoms with Crippen molar-refractivity contribution in [1.82, 2.24) is 20.0 Å². The van der Waals surface area contributed by atoms with Crippen LogP contribution in [0.1, 0.15) is 44.2 Å². The summed E-state index contributed by atoms with van der Waals surface area (Å²) in [4.78, 5) is 32.7. The first-order chi connectivity index (χ1) is 18.5. The van der Waals surface area contributed by atoms with Gasteiger partial charge in [0.1, 0.15) is 6.54 Å². The van der Waals surface area contributed by atoms with Gasteiger partial charge >= 0.3 is 0 Å². The summed E-state index contributed by atoms with van der Waals surface area (Å²) >= 11 is 6.31. The fourth-order valence-corrected chi connectivity index (χ4v) is 5.39. The van der Waals surface area contributed by atoms with Crippen LogP contribution in [0, 0.1) is 5.92 Å². The summed E-state index contributed by atoms with van der Waals surface area (Å²) in [6, 6.07) is 21.3. The van der Waals surface area contributed by atoms with E-state index in [1.54, 1.807) is 4.90 Å². The molecule has 7 nitrogen and oxygen atoms in total. The molecule has 38 heavy (non-hydrogen) atoms. The van der Waals surface area contributed by atoms with Crippen LogP contribution in [0.25, 0.3) is 11.3 Å². The van der Waals surface area contributed by atoms with Crippen molar-refractivity contribution in [2.75, 3.05) is 37.6 Å². The van der Waals surface area contributed by atoms with Crippen LogP contribution >= 0.6 is 11.6 Å². The number of nitrogens with zero attached hydrogens (tertiary/aromatic N) is 5. The molecule has 1 saturated carbocycles. The number of carbonyl (C=O) groups excluding carboxylic acids is 2. The molecule has 0 spiro atoms. The van der Waals surface area contributed by atoms with E-state index in [0.717, 1.165) is 54.9 Å². The van der Waals surface area contributed by atoms with Crippen molar-refractivity contribution in [3.05, 3.63) is 77.3 Å². The zero-order valence-electron chi connectivity index (χ0n) is 21.8. The molecule has 2 aromatic carbocycles. The van der Waals surface area contributed by atoms with Gasteiger partial charge in [-0.05, 0) is 49.9 Å². The van der Waals surface area contributed by atoms with E-state index < -0.39 is 0 Å². The lowest BCUT2D eigenvalue weighted by atomic mass is 9.84. The third-order valence-electron chi connectivity index (χ3n) is 7.77. The van der Waals surface area contributed by atoms with Crippen molar-refractivity contribution in [3.63, 3.8) is 0 Å². The van der Waals surface area contributed by atoms with Crippen LogP contribution in [0.2, 0.25) is 5.02 Å². The number of halogens is 1. The second-order valence-corrected chi connectivity index (χ2v) is 10.6. The summed E-state index contributed by atoms with van der Waals surface area (Å²) in [6.07, 6.45) is 3.74. The summed E-state index contributed by atoms with van der Waals surface area (Å²) < 4.78 is 0. The molecule has 1 aliphatic carbocycles. The Labute approximate surface area is 229 Å². The molecule has 2 heterocycles. The maximum Gasteiger partial charge on any atom is 0.242 e.